The van der Waals surface area contributed by atoms with Crippen LogP contribution < -0.4 is 11.1 Å². The van der Waals surface area contributed by atoms with E-state index in [-0.39, 0.29) is 29.5 Å². The van der Waals surface area contributed by atoms with Crippen LogP contribution in [0.3, 0.4) is 0 Å². The molecule has 0 radical (unpaired) electrons. The van der Waals surface area contributed by atoms with E-state index >= 15 is 0 Å². The second kappa shape index (κ2) is 9.10. The Morgan fingerprint density at radius 2 is 2.04 bits per heavy atom. The Morgan fingerprint density at radius 3 is 2.70 bits per heavy atom. The number of hydrogen-bond donors (Lipinski definition) is 2. The van der Waals surface area contributed by atoms with Gasteiger partial charge in [-0.05, 0) is 24.3 Å². The molecular weight excluding hydrogens is 423 g/mol. The van der Waals surface area contributed by atoms with Crippen molar-refractivity contribution in [3.63, 3.8) is 0 Å². The van der Waals surface area contributed by atoms with Crippen molar-refractivity contribution in [2.24, 2.45) is 10.7 Å². The number of aliphatic imine (C=N–C) groups is 1. The first kappa shape index (κ1) is 18.8. The molecule has 0 spiro atoms. The molecule has 0 aliphatic carbocycles. The zero-order valence-electron chi connectivity index (χ0n) is 13.2. The largest absolute Gasteiger partial charge is 0.379 e. The Labute approximate surface area is 159 Å². The van der Waals surface area contributed by atoms with Crippen LogP contribution in [0.4, 0.5) is 5.69 Å². The van der Waals surface area contributed by atoms with Crippen molar-refractivity contribution >= 4 is 47.4 Å². The smallest absolute Gasteiger partial charge is 0.193 e. The summed E-state index contributed by atoms with van der Waals surface area (Å²) < 4.78 is 5.49. The second-order valence-electron chi connectivity index (χ2n) is 5.82. The molecule has 0 saturated carbocycles. The van der Waals surface area contributed by atoms with E-state index in [1.54, 1.807) is 0 Å². The van der Waals surface area contributed by atoms with Crippen LogP contribution >= 0.6 is 35.7 Å². The Bertz CT molecular complexity index is 502. The topological polar surface area (TPSA) is 62.9 Å². The van der Waals surface area contributed by atoms with Gasteiger partial charge in [0.25, 0.3) is 0 Å². The first-order chi connectivity index (χ1) is 10.8. The average Bonchev–Trinajstić information content (AvgIpc) is 3.05. The predicted molar refractivity (Wildman–Crippen MR) is 109 cm³/mol. The molecule has 128 valence electrons. The number of benzene rings is 1. The van der Waals surface area contributed by atoms with Gasteiger partial charge in [0.2, 0.25) is 0 Å². The molecule has 3 N–H and O–H groups in total. The van der Waals surface area contributed by atoms with E-state index in [0.717, 1.165) is 44.3 Å². The summed E-state index contributed by atoms with van der Waals surface area (Å²) in [7, 11) is 0. The van der Waals surface area contributed by atoms with Crippen molar-refractivity contribution < 1.29 is 4.74 Å². The van der Waals surface area contributed by atoms with E-state index in [4.69, 9.17) is 10.5 Å². The summed E-state index contributed by atoms with van der Waals surface area (Å²) in [6.45, 7) is 4.41. The first-order valence-corrected chi connectivity index (χ1v) is 8.97. The number of hydrogen-bond acceptors (Lipinski definition) is 4. The summed E-state index contributed by atoms with van der Waals surface area (Å²) in [5.41, 5.74) is 7.19. The van der Waals surface area contributed by atoms with Crippen LogP contribution in [0.25, 0.3) is 0 Å². The fraction of sp³-hybridized carbons (Fsp3) is 0.562. The normalized spacial score (nSPS) is 25.8. The number of ether oxygens (including phenoxy) is 1. The summed E-state index contributed by atoms with van der Waals surface area (Å²) in [6.07, 6.45) is 1.18. The van der Waals surface area contributed by atoms with Crippen molar-refractivity contribution in [2.75, 3.05) is 49.7 Å². The molecule has 1 unspecified atom stereocenters. The molecule has 2 fully saturated rings. The van der Waals surface area contributed by atoms with Crippen LogP contribution in [0.5, 0.6) is 0 Å². The molecule has 7 heteroatoms. The van der Waals surface area contributed by atoms with Crippen molar-refractivity contribution in [1.82, 2.24) is 4.90 Å². The van der Waals surface area contributed by atoms with E-state index in [0.29, 0.717) is 5.96 Å². The van der Waals surface area contributed by atoms with Gasteiger partial charge >= 0.3 is 0 Å². The van der Waals surface area contributed by atoms with E-state index in [2.05, 4.69) is 15.2 Å². The minimum Gasteiger partial charge on any atom is -0.379 e. The van der Waals surface area contributed by atoms with Gasteiger partial charge in [0.05, 0.1) is 25.3 Å². The fourth-order valence-corrected chi connectivity index (χ4v) is 4.52. The number of anilines is 1. The van der Waals surface area contributed by atoms with Crippen LogP contribution in [0.15, 0.2) is 35.3 Å². The highest BCUT2D eigenvalue weighted by Gasteiger charge is 2.40. The zero-order chi connectivity index (χ0) is 15.3. The summed E-state index contributed by atoms with van der Waals surface area (Å²) in [5, 5.41) is 3.16. The maximum atomic E-state index is 6.06. The molecule has 2 aliphatic rings. The standard InChI is InChI=1S/C16H24N4OS.HI/c17-15(19-14-4-2-1-3-5-14)18-12-16(6-11-22-13-16)20-7-9-21-10-8-20;/h1-5H,6-13H2,(H3,17,18,19);1H. The minimum atomic E-state index is 0. The molecular formula is C16H25IN4OS. The molecule has 1 atom stereocenters. The van der Waals surface area contributed by atoms with E-state index in [9.17, 15) is 0 Å². The summed E-state index contributed by atoms with van der Waals surface area (Å²) in [6, 6.07) is 9.94. The molecule has 3 rings (SSSR count). The van der Waals surface area contributed by atoms with Gasteiger partial charge in [0, 0.05) is 24.5 Å². The highest BCUT2D eigenvalue weighted by Crippen LogP contribution is 2.34. The Morgan fingerprint density at radius 1 is 1.30 bits per heavy atom. The molecule has 2 aliphatic heterocycles. The molecule has 2 saturated heterocycles. The van der Waals surface area contributed by atoms with Gasteiger partial charge in [-0.1, -0.05) is 18.2 Å². The Hall–Kier alpha value is -0.510. The third-order valence-corrected chi connectivity index (χ3v) is 5.59. The van der Waals surface area contributed by atoms with Crippen LogP contribution in [0.1, 0.15) is 6.42 Å². The minimum absolute atomic E-state index is 0. The van der Waals surface area contributed by atoms with Crippen LogP contribution in [-0.2, 0) is 4.74 Å². The lowest BCUT2D eigenvalue weighted by molar-refractivity contribution is -0.0104. The Balaban J connectivity index is 0.00000192. The van der Waals surface area contributed by atoms with E-state index in [1.165, 1.54) is 12.2 Å². The van der Waals surface area contributed by atoms with Crippen molar-refractivity contribution in [2.45, 2.75) is 12.0 Å². The summed E-state index contributed by atoms with van der Waals surface area (Å²) in [5.74, 6) is 2.84. The molecule has 2 heterocycles. The van der Waals surface area contributed by atoms with Gasteiger partial charge in [-0.3, -0.25) is 9.89 Å². The quantitative estimate of drug-likeness (QED) is 0.421. The number of nitrogens with two attached hydrogens (primary N) is 1. The lowest BCUT2D eigenvalue weighted by Gasteiger charge is -2.42. The van der Waals surface area contributed by atoms with Gasteiger partial charge in [0.15, 0.2) is 5.96 Å². The maximum absolute atomic E-state index is 6.06. The molecule has 5 nitrogen and oxygen atoms in total. The highest BCUT2D eigenvalue weighted by molar-refractivity contribution is 14.0. The predicted octanol–water partition coefficient (Wildman–Crippen LogP) is 2.24. The van der Waals surface area contributed by atoms with Crippen molar-refractivity contribution in [1.29, 1.82) is 0 Å². The maximum Gasteiger partial charge on any atom is 0.193 e. The molecule has 1 aromatic carbocycles. The SMILES string of the molecule is I.NC(=NCC1(N2CCOCC2)CCSC1)Nc1ccccc1. The van der Waals surface area contributed by atoms with Crippen LogP contribution in [0.2, 0.25) is 0 Å². The number of rotatable bonds is 4. The summed E-state index contributed by atoms with van der Waals surface area (Å²) >= 11 is 2.02. The zero-order valence-corrected chi connectivity index (χ0v) is 16.4. The van der Waals surface area contributed by atoms with Crippen molar-refractivity contribution in [3.05, 3.63) is 30.3 Å². The van der Waals surface area contributed by atoms with E-state index in [1.807, 2.05) is 42.1 Å². The van der Waals surface area contributed by atoms with Gasteiger partial charge < -0.3 is 15.8 Å². The van der Waals surface area contributed by atoms with Gasteiger partial charge in [-0.25, -0.2) is 0 Å². The third-order valence-electron chi connectivity index (χ3n) is 4.35. The van der Waals surface area contributed by atoms with Gasteiger partial charge in [0.1, 0.15) is 0 Å². The molecule has 1 aromatic rings. The van der Waals surface area contributed by atoms with Crippen LogP contribution in [-0.4, -0.2) is 60.8 Å². The fourth-order valence-electron chi connectivity index (χ4n) is 3.05. The van der Waals surface area contributed by atoms with E-state index < -0.39 is 0 Å². The average molecular weight is 448 g/mol. The second-order valence-corrected chi connectivity index (χ2v) is 6.92. The molecule has 23 heavy (non-hydrogen) atoms. The number of para-hydroxylation sites is 1. The van der Waals surface area contributed by atoms with Crippen LogP contribution in [0, 0.1) is 0 Å². The number of morpholine rings is 1. The molecule has 0 bridgehead atoms. The number of thioether (sulfide) groups is 1. The first-order valence-electron chi connectivity index (χ1n) is 7.81. The number of nitrogens with zero attached hydrogens (tertiary/aromatic N) is 2. The summed E-state index contributed by atoms with van der Waals surface area (Å²) in [4.78, 5) is 7.19. The van der Waals surface area contributed by atoms with Crippen molar-refractivity contribution in [3.8, 4) is 0 Å². The lowest BCUT2D eigenvalue weighted by atomic mass is 9.96. The number of guanidine groups is 1. The molecule has 0 amide bonds. The third kappa shape index (κ3) is 4.98. The van der Waals surface area contributed by atoms with Gasteiger partial charge in [-0.15, -0.1) is 24.0 Å². The Kier molecular flexibility index (Phi) is 7.45. The van der Waals surface area contributed by atoms with Gasteiger partial charge in [-0.2, -0.15) is 11.8 Å². The monoisotopic (exact) mass is 448 g/mol. The lowest BCUT2D eigenvalue weighted by Crippen LogP contribution is -2.56. The molecule has 0 aromatic heterocycles. The highest BCUT2D eigenvalue weighted by atomic mass is 127. The number of nitrogens with one attached hydrogen (secondary N) is 1. The number of halogens is 1.